The van der Waals surface area contributed by atoms with Crippen molar-refractivity contribution in [2.45, 2.75) is 263 Å². The van der Waals surface area contributed by atoms with Gasteiger partial charge >= 0.3 is 0 Å². The number of hydrogen-bond donors (Lipinski definition) is 0. The third kappa shape index (κ3) is 20.7. The molecule has 0 aromatic rings. The molecule has 12 unspecified atom stereocenters. The minimum Gasteiger partial charge on any atom is -0.420 e. The maximum Gasteiger partial charge on any atom is 0.193 e. The first-order valence-corrected chi connectivity index (χ1v) is 35.9. The second-order valence-corrected chi connectivity index (χ2v) is 31.4. The topological polar surface area (TPSA) is 92.3 Å². The van der Waals surface area contributed by atoms with E-state index in [2.05, 4.69) is 48.5 Å². The number of ether oxygens (including phenoxy) is 8. The zero-order valence-electron chi connectivity index (χ0n) is 47.6. The highest BCUT2D eigenvalue weighted by molar-refractivity contribution is 6.74. The average Bonchev–Trinajstić information content (AvgIpc) is 3.24. The summed E-state index contributed by atoms with van der Waals surface area (Å²) >= 11 is 0. The second-order valence-electron chi connectivity index (χ2n) is 23.3. The molecule has 0 bridgehead atoms. The van der Waals surface area contributed by atoms with Crippen LogP contribution < -0.4 is 0 Å². The van der Waals surface area contributed by atoms with E-state index < -0.39 is 16.6 Å². The van der Waals surface area contributed by atoms with Crippen LogP contribution in [0.5, 0.6) is 0 Å². The summed E-state index contributed by atoms with van der Waals surface area (Å²) in [4.78, 5) is 0. The van der Waals surface area contributed by atoms with Crippen molar-refractivity contribution < 1.29 is 46.7 Å². The Labute approximate surface area is 439 Å². The molecule has 6 aliphatic rings. The first kappa shape index (κ1) is 61.9. The molecule has 418 valence electrons. The Morgan fingerprint density at radius 3 is 0.930 bits per heavy atom. The number of unbranched alkanes of at least 4 members (excludes halogenated alkanes) is 4. The molecular weight excluding hydrogens is 925 g/mol. The third-order valence-electron chi connectivity index (χ3n) is 18.2. The maximum atomic E-state index is 6.86. The van der Waals surface area contributed by atoms with Crippen molar-refractivity contribution in [1.82, 2.24) is 0 Å². The fourth-order valence-corrected chi connectivity index (χ4v) is 23.4. The molecule has 0 spiro atoms. The summed E-state index contributed by atoms with van der Waals surface area (Å²) in [6.45, 7) is 26.0. The molecule has 0 radical (unpaired) electrons. The van der Waals surface area contributed by atoms with Crippen LogP contribution >= 0.6 is 0 Å². The molecule has 6 saturated heterocycles. The lowest BCUT2D eigenvalue weighted by atomic mass is 9.93. The lowest BCUT2D eigenvalue weighted by Crippen LogP contribution is -2.50. The van der Waals surface area contributed by atoms with E-state index in [1.165, 1.54) is 152 Å². The van der Waals surface area contributed by atoms with Gasteiger partial charge in [-0.15, -0.1) is 0 Å². The molecule has 6 heterocycles. The van der Waals surface area contributed by atoms with Gasteiger partial charge in [0, 0.05) is 78.4 Å². The van der Waals surface area contributed by atoms with E-state index in [4.69, 9.17) is 46.7 Å². The fourth-order valence-electron chi connectivity index (χ4n) is 13.3. The van der Waals surface area contributed by atoms with E-state index in [-0.39, 0.29) is 0 Å². The predicted molar refractivity (Wildman–Crippen MR) is 296 cm³/mol. The quantitative estimate of drug-likeness (QED) is 0.0434. The van der Waals surface area contributed by atoms with Gasteiger partial charge < -0.3 is 46.7 Å². The van der Waals surface area contributed by atoms with Gasteiger partial charge in [-0.1, -0.05) is 92.9 Å². The SMILES string of the molecule is CCCC(C[Si](CC(CCC)C1CCO1)(CC(CCC)C1CCO1)OC)C1CCO1.CCCC(C[Si](CCCCCOCC(CC)C1CCO1)(CCCCCOCC(CC)C1CCO1)OCC)C1CCO1. The highest BCUT2D eigenvalue weighted by Crippen LogP contribution is 2.44. The third-order valence-corrected chi connectivity index (χ3v) is 27.5. The number of rotatable bonds is 43. The Kier molecular flexibility index (Phi) is 30.9. The van der Waals surface area contributed by atoms with E-state index in [1.54, 1.807) is 0 Å². The highest BCUT2D eigenvalue weighted by Gasteiger charge is 2.47. The summed E-state index contributed by atoms with van der Waals surface area (Å²) in [5.74, 6) is 3.83. The molecule has 0 N–H and O–H groups in total. The van der Waals surface area contributed by atoms with Gasteiger partial charge in [-0.3, -0.25) is 0 Å². The Morgan fingerprint density at radius 2 is 0.690 bits per heavy atom. The molecule has 6 aliphatic heterocycles. The van der Waals surface area contributed by atoms with Crippen LogP contribution in [0.25, 0.3) is 0 Å². The largest absolute Gasteiger partial charge is 0.420 e. The molecule has 71 heavy (non-hydrogen) atoms. The Morgan fingerprint density at radius 1 is 0.394 bits per heavy atom. The van der Waals surface area contributed by atoms with E-state index in [0.717, 1.165) is 98.4 Å². The van der Waals surface area contributed by atoms with Crippen LogP contribution in [0.4, 0.5) is 0 Å². The van der Waals surface area contributed by atoms with Crippen molar-refractivity contribution in [2.75, 3.05) is 79.8 Å². The summed E-state index contributed by atoms with van der Waals surface area (Å²) in [6.07, 6.45) is 29.9. The van der Waals surface area contributed by atoms with Crippen molar-refractivity contribution in [3.8, 4) is 0 Å². The first-order valence-electron chi connectivity index (χ1n) is 30.8. The smallest absolute Gasteiger partial charge is 0.193 e. The van der Waals surface area contributed by atoms with Crippen LogP contribution in [0, 0.1) is 35.5 Å². The van der Waals surface area contributed by atoms with E-state index in [1.807, 2.05) is 7.11 Å². The lowest BCUT2D eigenvalue weighted by molar-refractivity contribution is -0.103. The molecule has 12 heteroatoms. The van der Waals surface area contributed by atoms with Gasteiger partial charge in [0.05, 0.1) is 49.8 Å². The van der Waals surface area contributed by atoms with Gasteiger partial charge in [0.2, 0.25) is 0 Å². The highest BCUT2D eigenvalue weighted by atomic mass is 28.4. The zero-order chi connectivity index (χ0) is 50.6. The van der Waals surface area contributed by atoms with Crippen LogP contribution in [0.2, 0.25) is 36.3 Å². The summed E-state index contributed by atoms with van der Waals surface area (Å²) in [7, 11) is -1.76. The maximum absolute atomic E-state index is 6.86. The molecule has 0 amide bonds. The first-order chi connectivity index (χ1) is 34.8. The van der Waals surface area contributed by atoms with Crippen molar-refractivity contribution in [1.29, 1.82) is 0 Å². The van der Waals surface area contributed by atoms with E-state index in [9.17, 15) is 0 Å². The lowest BCUT2D eigenvalue weighted by Gasteiger charge is -2.46. The Bertz CT molecular complexity index is 1210. The van der Waals surface area contributed by atoms with E-state index >= 15 is 0 Å². The molecule has 0 aliphatic carbocycles. The fraction of sp³-hybridized carbons (Fsp3) is 1.00. The summed E-state index contributed by atoms with van der Waals surface area (Å²) < 4.78 is 61.2. The predicted octanol–water partition coefficient (Wildman–Crippen LogP) is 14.4. The van der Waals surface area contributed by atoms with Gasteiger partial charge in [-0.2, -0.15) is 0 Å². The number of hydrogen-bond acceptors (Lipinski definition) is 10. The Balaban J connectivity index is 0.000000277. The molecule has 6 rings (SSSR count). The van der Waals surface area contributed by atoms with Crippen LogP contribution in [-0.2, 0) is 46.7 Å². The van der Waals surface area contributed by atoms with Gasteiger partial charge in [-0.05, 0) is 157 Å². The average molecular weight is 1040 g/mol. The minimum absolute atomic E-state index is 0.440. The standard InChI is InChI=1S/C34H66O6Si.C25H48O4Si/c1-5-15-31(34-18-23-39-34)28-41(40-8-4,24-13-9-11-19-35-26-29(6-2)32-16-21-37-32)25-14-10-12-20-36-27-30(7-3)33-17-22-38-33;1-5-8-20(23-11-14-27-23)17-30(26-4,18-21(9-6-2)24-12-15-28-24)19-22(10-7-3)25-13-16-29-25/h29-34H,5-28H2,1-4H3;20-25H,5-19H2,1-4H3. The monoisotopic (exact) mass is 1040 g/mol. The van der Waals surface area contributed by atoms with Crippen LogP contribution in [0.1, 0.15) is 190 Å². The molecule has 12 atom stereocenters. The normalized spacial score (nSPS) is 28.1. The van der Waals surface area contributed by atoms with Gasteiger partial charge in [0.25, 0.3) is 0 Å². The molecule has 0 aromatic heterocycles. The molecule has 0 aromatic carbocycles. The zero-order valence-corrected chi connectivity index (χ0v) is 49.6. The van der Waals surface area contributed by atoms with Crippen molar-refractivity contribution in [3.05, 3.63) is 0 Å². The van der Waals surface area contributed by atoms with Gasteiger partial charge in [0.15, 0.2) is 16.6 Å². The van der Waals surface area contributed by atoms with Gasteiger partial charge in [-0.25, -0.2) is 0 Å². The van der Waals surface area contributed by atoms with Crippen molar-refractivity contribution in [2.24, 2.45) is 35.5 Å². The van der Waals surface area contributed by atoms with Gasteiger partial charge in [0.1, 0.15) is 0 Å². The van der Waals surface area contributed by atoms with Crippen molar-refractivity contribution >= 4 is 16.6 Å². The van der Waals surface area contributed by atoms with E-state index in [0.29, 0.717) is 72.1 Å². The Hall–Kier alpha value is 0.0338. The summed E-state index contributed by atoms with van der Waals surface area (Å²) in [5.41, 5.74) is 0. The van der Waals surface area contributed by atoms with Crippen molar-refractivity contribution in [3.63, 3.8) is 0 Å². The molecular formula is C59H114O10Si2. The molecule has 10 nitrogen and oxygen atoms in total. The summed E-state index contributed by atoms with van der Waals surface area (Å²) in [6, 6.07) is 7.66. The molecule has 0 saturated carbocycles. The molecule has 6 fully saturated rings. The van der Waals surface area contributed by atoms with Crippen LogP contribution in [-0.4, -0.2) is 133 Å². The minimum atomic E-state index is -1.95. The summed E-state index contributed by atoms with van der Waals surface area (Å²) in [5, 5.41) is 0. The van der Waals surface area contributed by atoms with Crippen LogP contribution in [0.15, 0.2) is 0 Å². The van der Waals surface area contributed by atoms with Crippen LogP contribution in [0.3, 0.4) is 0 Å². The second kappa shape index (κ2) is 35.4.